The van der Waals surface area contributed by atoms with Gasteiger partial charge in [-0.05, 0) is 31.9 Å². The van der Waals surface area contributed by atoms with E-state index in [0.717, 1.165) is 4.90 Å². The minimum absolute atomic E-state index is 0.0145. The zero-order chi connectivity index (χ0) is 18.6. The maximum atomic E-state index is 11.6. The lowest BCUT2D eigenvalue weighted by molar-refractivity contribution is -0.178. The number of methoxy groups -OCH3 is 2. The third-order valence-electron chi connectivity index (χ3n) is 3.44. The van der Waals surface area contributed by atoms with Gasteiger partial charge in [-0.1, -0.05) is 32.0 Å². The number of rotatable bonds is 8. The van der Waals surface area contributed by atoms with Crippen molar-refractivity contribution >= 4 is 17.7 Å². The molecule has 0 heterocycles. The van der Waals surface area contributed by atoms with E-state index in [4.69, 9.17) is 14.6 Å². The molecule has 1 atom stereocenters. The number of amides is 1. The van der Waals surface area contributed by atoms with Crippen LogP contribution in [0.1, 0.15) is 27.7 Å². The second-order valence-electron chi connectivity index (χ2n) is 6.01. The average molecular weight is 358 g/mol. The van der Waals surface area contributed by atoms with E-state index in [-0.39, 0.29) is 24.5 Å². The lowest BCUT2D eigenvalue weighted by Crippen LogP contribution is -2.41. The van der Waals surface area contributed by atoms with E-state index in [1.807, 2.05) is 58.0 Å². The van der Waals surface area contributed by atoms with Gasteiger partial charge in [-0.3, -0.25) is 4.79 Å². The molecule has 2 N–H and O–H groups in total. The number of hydrogen-bond donors (Lipinski definition) is 2. The molecule has 1 unspecified atom stereocenters. The highest BCUT2D eigenvalue weighted by atomic mass is 32.2. The molecule has 0 aliphatic carbocycles. The van der Waals surface area contributed by atoms with E-state index in [2.05, 4.69) is 5.32 Å². The number of benzene rings is 1. The fraction of sp³-hybridized carbons (Fsp3) is 0.611. The summed E-state index contributed by atoms with van der Waals surface area (Å²) in [6, 6.07) is 9.65. The molecule has 0 aromatic heterocycles. The Bertz CT molecular complexity index is 446. The van der Waals surface area contributed by atoms with Crippen LogP contribution in [0, 0.1) is 5.92 Å². The first-order chi connectivity index (χ1) is 11.3. The molecule has 5 nitrogen and oxygen atoms in total. The van der Waals surface area contributed by atoms with Crippen LogP contribution in [0.15, 0.2) is 35.2 Å². The van der Waals surface area contributed by atoms with Crippen molar-refractivity contribution in [2.45, 2.75) is 44.4 Å². The molecule has 0 saturated carbocycles. The maximum Gasteiger partial charge on any atom is 0.230 e. The van der Waals surface area contributed by atoms with E-state index >= 15 is 0 Å². The van der Waals surface area contributed by atoms with E-state index in [1.165, 1.54) is 11.8 Å². The molecule has 1 amide bonds. The summed E-state index contributed by atoms with van der Waals surface area (Å²) in [5, 5.41) is 11.9. The standard InChI is InChI=1S/C13H19NO2S.C5H12O2/c1-10(2)12(8-15)14-13(16)9-17-11-6-4-3-5-7-11;1-5(2,6-3)7-4/h3-7,10,12,15H,8-9H2,1-2H3,(H,14,16);1-4H3. The SMILES string of the molecule is CC(C)C(CO)NC(=O)CSc1ccccc1.COC(C)(C)OC. The van der Waals surface area contributed by atoms with Gasteiger partial charge in [-0.25, -0.2) is 0 Å². The summed E-state index contributed by atoms with van der Waals surface area (Å²) >= 11 is 1.50. The summed E-state index contributed by atoms with van der Waals surface area (Å²) in [6.45, 7) is 7.65. The molecule has 138 valence electrons. The van der Waals surface area contributed by atoms with Crippen molar-refractivity contribution in [2.24, 2.45) is 5.92 Å². The third-order valence-corrected chi connectivity index (χ3v) is 4.46. The first-order valence-electron chi connectivity index (χ1n) is 7.94. The molecule has 1 rings (SSSR count). The Labute approximate surface area is 150 Å². The second-order valence-corrected chi connectivity index (χ2v) is 7.06. The Balaban J connectivity index is 0.000000640. The van der Waals surface area contributed by atoms with Crippen molar-refractivity contribution in [1.82, 2.24) is 5.32 Å². The second kappa shape index (κ2) is 12.3. The van der Waals surface area contributed by atoms with Crippen molar-refractivity contribution in [3.63, 3.8) is 0 Å². The summed E-state index contributed by atoms with van der Waals surface area (Å²) in [7, 11) is 3.23. The van der Waals surface area contributed by atoms with Crippen LogP contribution in [0.3, 0.4) is 0 Å². The predicted molar refractivity (Wildman–Crippen MR) is 99.1 cm³/mol. The fourth-order valence-corrected chi connectivity index (χ4v) is 2.15. The van der Waals surface area contributed by atoms with E-state index in [9.17, 15) is 4.79 Å². The lowest BCUT2D eigenvalue weighted by Gasteiger charge is -2.19. The predicted octanol–water partition coefficient (Wildman–Crippen LogP) is 2.93. The molecule has 0 aliphatic heterocycles. The zero-order valence-electron chi connectivity index (χ0n) is 15.5. The van der Waals surface area contributed by atoms with Crippen molar-refractivity contribution in [2.75, 3.05) is 26.6 Å². The Morgan fingerprint density at radius 3 is 2.12 bits per heavy atom. The third kappa shape index (κ3) is 10.6. The number of carbonyl (C=O) groups excluding carboxylic acids is 1. The van der Waals surface area contributed by atoms with E-state index in [1.54, 1.807) is 14.2 Å². The Kier molecular flexibility index (Phi) is 11.8. The minimum atomic E-state index is -0.417. The Morgan fingerprint density at radius 2 is 1.75 bits per heavy atom. The number of ether oxygens (including phenoxy) is 2. The summed E-state index contributed by atoms with van der Waals surface area (Å²) in [5.41, 5.74) is 0. The van der Waals surface area contributed by atoms with Crippen molar-refractivity contribution in [3.05, 3.63) is 30.3 Å². The van der Waals surface area contributed by atoms with Crippen LogP contribution in [-0.4, -0.2) is 49.4 Å². The van der Waals surface area contributed by atoms with E-state index < -0.39 is 5.79 Å². The van der Waals surface area contributed by atoms with Gasteiger partial charge < -0.3 is 19.9 Å². The Morgan fingerprint density at radius 1 is 1.21 bits per heavy atom. The van der Waals surface area contributed by atoms with Gasteiger partial charge in [0.1, 0.15) is 0 Å². The molecule has 0 radical (unpaired) electrons. The molecule has 1 aromatic carbocycles. The smallest absolute Gasteiger partial charge is 0.230 e. The summed E-state index contributed by atoms with van der Waals surface area (Å²) in [6.07, 6.45) is 0. The average Bonchev–Trinajstić information content (AvgIpc) is 2.59. The van der Waals surface area contributed by atoms with Gasteiger partial charge in [0, 0.05) is 19.1 Å². The van der Waals surface area contributed by atoms with Gasteiger partial charge in [0.15, 0.2) is 5.79 Å². The van der Waals surface area contributed by atoms with Crippen LogP contribution in [0.4, 0.5) is 0 Å². The largest absolute Gasteiger partial charge is 0.394 e. The molecular formula is C18H31NO4S. The summed E-state index contributed by atoms with van der Waals surface area (Å²) < 4.78 is 9.73. The van der Waals surface area contributed by atoms with E-state index in [0.29, 0.717) is 5.75 Å². The molecule has 0 spiro atoms. The van der Waals surface area contributed by atoms with Crippen LogP contribution >= 0.6 is 11.8 Å². The van der Waals surface area contributed by atoms with Gasteiger partial charge in [0.25, 0.3) is 0 Å². The summed E-state index contributed by atoms with van der Waals surface area (Å²) in [5.74, 6) is 0.171. The van der Waals surface area contributed by atoms with Gasteiger partial charge in [0.2, 0.25) is 5.91 Å². The summed E-state index contributed by atoms with van der Waals surface area (Å²) in [4.78, 5) is 12.7. The van der Waals surface area contributed by atoms with Crippen LogP contribution in [0.5, 0.6) is 0 Å². The van der Waals surface area contributed by atoms with Crippen molar-refractivity contribution in [3.8, 4) is 0 Å². The van der Waals surface area contributed by atoms with Crippen molar-refractivity contribution in [1.29, 1.82) is 0 Å². The molecule has 0 aliphatic rings. The van der Waals surface area contributed by atoms with Crippen LogP contribution in [0.25, 0.3) is 0 Å². The quantitative estimate of drug-likeness (QED) is 0.553. The molecular weight excluding hydrogens is 326 g/mol. The van der Waals surface area contributed by atoms with Crippen LogP contribution < -0.4 is 5.32 Å². The monoisotopic (exact) mass is 357 g/mol. The fourth-order valence-electron chi connectivity index (χ4n) is 1.42. The number of carbonyl (C=O) groups is 1. The first kappa shape index (κ1) is 22.9. The normalized spacial score (nSPS) is 12.3. The minimum Gasteiger partial charge on any atom is -0.394 e. The number of aliphatic hydroxyl groups excluding tert-OH is 1. The van der Waals surface area contributed by atoms with Crippen LogP contribution in [-0.2, 0) is 14.3 Å². The topological polar surface area (TPSA) is 67.8 Å². The van der Waals surface area contributed by atoms with Crippen LogP contribution in [0.2, 0.25) is 0 Å². The number of thioether (sulfide) groups is 1. The number of nitrogens with one attached hydrogen (secondary N) is 1. The number of aliphatic hydroxyl groups is 1. The highest BCUT2D eigenvalue weighted by Gasteiger charge is 2.14. The van der Waals surface area contributed by atoms with Gasteiger partial charge >= 0.3 is 0 Å². The molecule has 0 fully saturated rings. The highest BCUT2D eigenvalue weighted by Crippen LogP contribution is 2.16. The maximum absolute atomic E-state index is 11.6. The first-order valence-corrected chi connectivity index (χ1v) is 8.92. The molecule has 0 bridgehead atoms. The molecule has 6 heteroatoms. The van der Waals surface area contributed by atoms with Gasteiger partial charge in [-0.15, -0.1) is 11.8 Å². The number of hydrogen-bond acceptors (Lipinski definition) is 5. The molecule has 0 saturated heterocycles. The molecule has 1 aromatic rings. The molecule has 24 heavy (non-hydrogen) atoms. The lowest BCUT2D eigenvalue weighted by atomic mass is 10.1. The van der Waals surface area contributed by atoms with Crippen molar-refractivity contribution < 1.29 is 19.4 Å². The zero-order valence-corrected chi connectivity index (χ0v) is 16.4. The highest BCUT2D eigenvalue weighted by molar-refractivity contribution is 8.00. The Hall–Kier alpha value is -1.08. The van der Waals surface area contributed by atoms with Gasteiger partial charge in [0.05, 0.1) is 18.4 Å². The van der Waals surface area contributed by atoms with Gasteiger partial charge in [-0.2, -0.15) is 0 Å².